The summed E-state index contributed by atoms with van der Waals surface area (Å²) in [6.07, 6.45) is -4.59. The van der Waals surface area contributed by atoms with E-state index in [0.29, 0.717) is 29.3 Å². The molecule has 1 aliphatic rings. The lowest BCUT2D eigenvalue weighted by Crippen LogP contribution is -2.28. The molecule has 0 atom stereocenters. The number of hydrogen-bond acceptors (Lipinski definition) is 6. The van der Waals surface area contributed by atoms with Gasteiger partial charge in [-0.15, -0.1) is 0 Å². The molecular formula is C27H23F3N4O3. The standard InChI is InChI=1S/C27H23F3N4O3/c1-16-7-12-22(37-16)24-20-13-23(35)34(15-18-5-3-4-6-21(18)27(28,29)30)25(20)33-26(32-24)31-14-17-8-10-19(36-2)11-9-17/h3-12H,13-15H2,1-2H3,(H,31,32,33). The van der Waals surface area contributed by atoms with Gasteiger partial charge >= 0.3 is 6.18 Å². The predicted molar refractivity (Wildman–Crippen MR) is 131 cm³/mol. The molecule has 0 spiro atoms. The molecule has 7 nitrogen and oxygen atoms in total. The fraction of sp³-hybridized carbons (Fsp3) is 0.222. The van der Waals surface area contributed by atoms with Crippen molar-refractivity contribution in [3.05, 3.63) is 88.7 Å². The Kier molecular flexibility index (Phi) is 6.32. The number of nitrogens with zero attached hydrogens (tertiary/aromatic N) is 3. The molecule has 0 unspecified atom stereocenters. The average Bonchev–Trinajstić information content (AvgIpc) is 3.45. The first kappa shape index (κ1) is 24.4. The van der Waals surface area contributed by atoms with Crippen LogP contribution in [0.3, 0.4) is 0 Å². The van der Waals surface area contributed by atoms with Crippen LogP contribution in [0.25, 0.3) is 11.5 Å². The first-order valence-electron chi connectivity index (χ1n) is 11.5. The minimum atomic E-state index is -4.55. The molecule has 3 heterocycles. The number of fused-ring (bicyclic) bond motifs is 1. The van der Waals surface area contributed by atoms with E-state index in [4.69, 9.17) is 9.15 Å². The van der Waals surface area contributed by atoms with Gasteiger partial charge in [0, 0.05) is 12.1 Å². The van der Waals surface area contributed by atoms with Gasteiger partial charge < -0.3 is 14.5 Å². The molecule has 0 radical (unpaired) electrons. The molecule has 0 saturated heterocycles. The molecule has 190 valence electrons. The summed E-state index contributed by atoms with van der Waals surface area (Å²) in [6.45, 7) is 1.90. The third-order valence-corrected chi connectivity index (χ3v) is 6.10. The van der Waals surface area contributed by atoms with Crippen molar-refractivity contribution in [2.24, 2.45) is 0 Å². The Balaban J connectivity index is 1.52. The average molecular weight is 509 g/mol. The number of aryl methyl sites for hydroxylation is 1. The van der Waals surface area contributed by atoms with E-state index in [9.17, 15) is 18.0 Å². The van der Waals surface area contributed by atoms with Crippen molar-refractivity contribution >= 4 is 17.7 Å². The maximum atomic E-state index is 13.6. The van der Waals surface area contributed by atoms with Crippen molar-refractivity contribution in [3.8, 4) is 17.2 Å². The van der Waals surface area contributed by atoms with Gasteiger partial charge in [0.25, 0.3) is 0 Å². The van der Waals surface area contributed by atoms with Crippen LogP contribution in [0.4, 0.5) is 24.9 Å². The van der Waals surface area contributed by atoms with Crippen LogP contribution < -0.4 is 15.0 Å². The van der Waals surface area contributed by atoms with Crippen LogP contribution in [0.15, 0.2) is 65.1 Å². The summed E-state index contributed by atoms with van der Waals surface area (Å²) in [5.41, 5.74) is 1.07. The molecule has 1 aliphatic heterocycles. The molecule has 2 aromatic carbocycles. The largest absolute Gasteiger partial charge is 0.497 e. The number of methoxy groups -OCH3 is 1. The van der Waals surface area contributed by atoms with E-state index in [1.165, 1.54) is 23.1 Å². The number of hydrogen-bond donors (Lipinski definition) is 1. The molecule has 5 rings (SSSR count). The Hall–Kier alpha value is -4.34. The predicted octanol–water partition coefficient (Wildman–Crippen LogP) is 5.77. The van der Waals surface area contributed by atoms with Gasteiger partial charge in [0.2, 0.25) is 11.9 Å². The van der Waals surface area contributed by atoms with Crippen LogP contribution in [-0.4, -0.2) is 23.0 Å². The van der Waals surface area contributed by atoms with Gasteiger partial charge in [-0.25, -0.2) is 4.98 Å². The van der Waals surface area contributed by atoms with Crippen molar-refractivity contribution in [1.29, 1.82) is 0 Å². The number of amides is 1. The molecule has 2 aromatic heterocycles. The van der Waals surface area contributed by atoms with E-state index in [1.54, 1.807) is 26.2 Å². The van der Waals surface area contributed by atoms with Crippen molar-refractivity contribution in [3.63, 3.8) is 0 Å². The zero-order valence-corrected chi connectivity index (χ0v) is 20.1. The highest BCUT2D eigenvalue weighted by Crippen LogP contribution is 2.38. The van der Waals surface area contributed by atoms with E-state index < -0.39 is 11.7 Å². The first-order chi connectivity index (χ1) is 17.7. The molecule has 4 aromatic rings. The summed E-state index contributed by atoms with van der Waals surface area (Å²) in [6, 6.07) is 16.2. The lowest BCUT2D eigenvalue weighted by atomic mass is 10.1. The number of alkyl halides is 3. The number of halogens is 3. The van der Waals surface area contributed by atoms with Gasteiger partial charge in [0.15, 0.2) is 5.76 Å². The molecule has 0 aliphatic carbocycles. The van der Waals surface area contributed by atoms with E-state index in [0.717, 1.165) is 17.4 Å². The molecule has 10 heteroatoms. The summed E-state index contributed by atoms with van der Waals surface area (Å²) in [5.74, 6) is 1.96. The number of carbonyl (C=O) groups excluding carboxylic acids is 1. The second-order valence-electron chi connectivity index (χ2n) is 8.62. The number of carbonyl (C=O) groups is 1. The number of anilines is 2. The Labute approximate surface area is 210 Å². The van der Waals surface area contributed by atoms with E-state index in [-0.39, 0.29) is 36.2 Å². The van der Waals surface area contributed by atoms with Crippen LogP contribution in [0.1, 0.15) is 28.0 Å². The van der Waals surface area contributed by atoms with Crippen molar-refractivity contribution < 1.29 is 27.1 Å². The topological polar surface area (TPSA) is 80.5 Å². The summed E-state index contributed by atoms with van der Waals surface area (Å²) in [7, 11) is 1.59. The Morgan fingerprint density at radius 1 is 1.05 bits per heavy atom. The molecule has 1 amide bonds. The van der Waals surface area contributed by atoms with Gasteiger partial charge in [-0.3, -0.25) is 9.69 Å². The van der Waals surface area contributed by atoms with Crippen molar-refractivity contribution in [1.82, 2.24) is 9.97 Å². The highest BCUT2D eigenvalue weighted by molar-refractivity contribution is 6.02. The number of benzene rings is 2. The second-order valence-corrected chi connectivity index (χ2v) is 8.62. The van der Waals surface area contributed by atoms with E-state index >= 15 is 0 Å². The summed E-state index contributed by atoms with van der Waals surface area (Å²) >= 11 is 0. The third-order valence-electron chi connectivity index (χ3n) is 6.10. The first-order valence-corrected chi connectivity index (χ1v) is 11.5. The van der Waals surface area contributed by atoms with Crippen LogP contribution in [0, 0.1) is 6.92 Å². The number of furan rings is 1. The maximum Gasteiger partial charge on any atom is 0.416 e. The quantitative estimate of drug-likeness (QED) is 0.341. The maximum absolute atomic E-state index is 13.6. The van der Waals surface area contributed by atoms with Gasteiger partial charge in [-0.2, -0.15) is 18.2 Å². The Bertz CT molecular complexity index is 1450. The van der Waals surface area contributed by atoms with Crippen LogP contribution in [0.5, 0.6) is 5.75 Å². The fourth-order valence-electron chi connectivity index (χ4n) is 4.26. The smallest absolute Gasteiger partial charge is 0.416 e. The van der Waals surface area contributed by atoms with Gasteiger partial charge in [-0.05, 0) is 48.4 Å². The SMILES string of the molecule is COc1ccc(CNc2nc(-c3ccc(C)o3)c3c(n2)N(Cc2ccccc2C(F)(F)F)C(=O)C3)cc1. The number of ether oxygens (including phenoxy) is 1. The van der Waals surface area contributed by atoms with Crippen LogP contribution >= 0.6 is 0 Å². The fourth-order valence-corrected chi connectivity index (χ4v) is 4.26. The van der Waals surface area contributed by atoms with Gasteiger partial charge in [0.1, 0.15) is 23.0 Å². The molecule has 0 saturated carbocycles. The normalized spacial score (nSPS) is 13.1. The molecule has 0 bridgehead atoms. The van der Waals surface area contributed by atoms with Crippen molar-refractivity contribution in [2.75, 3.05) is 17.3 Å². The highest BCUT2D eigenvalue weighted by atomic mass is 19.4. The van der Waals surface area contributed by atoms with Gasteiger partial charge in [-0.1, -0.05) is 30.3 Å². The number of nitrogens with one attached hydrogen (secondary N) is 1. The minimum absolute atomic E-state index is 0.0158. The van der Waals surface area contributed by atoms with Crippen LogP contribution in [-0.2, 0) is 30.5 Å². The molecule has 37 heavy (non-hydrogen) atoms. The monoisotopic (exact) mass is 508 g/mol. The summed E-state index contributed by atoms with van der Waals surface area (Å²) in [5, 5.41) is 3.16. The highest BCUT2D eigenvalue weighted by Gasteiger charge is 2.37. The lowest BCUT2D eigenvalue weighted by molar-refractivity contribution is -0.138. The number of aromatic nitrogens is 2. The molecule has 0 fully saturated rings. The van der Waals surface area contributed by atoms with E-state index in [1.807, 2.05) is 24.3 Å². The molecular weight excluding hydrogens is 485 g/mol. The van der Waals surface area contributed by atoms with E-state index in [2.05, 4.69) is 15.3 Å². The lowest BCUT2D eigenvalue weighted by Gasteiger charge is -2.20. The summed E-state index contributed by atoms with van der Waals surface area (Å²) < 4.78 is 51.8. The molecule has 1 N–H and O–H groups in total. The van der Waals surface area contributed by atoms with Crippen LogP contribution in [0.2, 0.25) is 0 Å². The summed E-state index contributed by atoms with van der Waals surface area (Å²) in [4.78, 5) is 23.5. The van der Waals surface area contributed by atoms with Crippen molar-refractivity contribution in [2.45, 2.75) is 32.6 Å². The third kappa shape index (κ3) is 5.00. The van der Waals surface area contributed by atoms with Gasteiger partial charge in [0.05, 0.1) is 25.6 Å². The minimum Gasteiger partial charge on any atom is -0.497 e. The Morgan fingerprint density at radius 2 is 1.81 bits per heavy atom. The second kappa shape index (κ2) is 9.61. The number of rotatable bonds is 7. The Morgan fingerprint density at radius 3 is 2.49 bits per heavy atom. The zero-order chi connectivity index (χ0) is 26.2. The zero-order valence-electron chi connectivity index (χ0n) is 20.1.